The van der Waals surface area contributed by atoms with Crippen LogP contribution in [0.15, 0.2) is 23.4 Å². The Morgan fingerprint density at radius 3 is 2.65 bits per heavy atom. The molecule has 23 heavy (non-hydrogen) atoms. The molecule has 1 amide bonds. The van der Waals surface area contributed by atoms with Crippen molar-refractivity contribution in [2.75, 3.05) is 0 Å². The zero-order valence-electron chi connectivity index (χ0n) is 12.4. The fourth-order valence-electron chi connectivity index (χ4n) is 1.91. The quantitative estimate of drug-likeness (QED) is 0.638. The van der Waals surface area contributed by atoms with Gasteiger partial charge < -0.3 is 5.73 Å². The first-order chi connectivity index (χ1) is 10.8. The predicted molar refractivity (Wildman–Crippen MR) is 80.0 cm³/mol. The highest BCUT2D eigenvalue weighted by molar-refractivity contribution is 8.00. The highest BCUT2D eigenvalue weighted by Crippen LogP contribution is 2.25. The largest absolute Gasteiger partial charge is 0.368 e. The van der Waals surface area contributed by atoms with E-state index in [9.17, 15) is 18.4 Å². The molecule has 0 spiro atoms. The fourth-order valence-corrected chi connectivity index (χ4v) is 2.87. The molecule has 0 saturated carbocycles. The number of benzene rings is 1. The second kappa shape index (κ2) is 6.86. The van der Waals surface area contributed by atoms with E-state index in [1.807, 2.05) is 0 Å². The second-order valence-electron chi connectivity index (χ2n) is 4.83. The summed E-state index contributed by atoms with van der Waals surface area (Å²) in [7, 11) is 0. The Morgan fingerprint density at radius 1 is 1.35 bits per heavy atom. The first kappa shape index (κ1) is 17.1. The predicted octanol–water partition coefficient (Wildman–Crippen LogP) is 1.71. The molecule has 0 fully saturated rings. The maximum Gasteiger partial charge on any atom is 0.237 e. The fraction of sp³-hybridized carbons (Fsp3) is 0.286. The Labute approximate surface area is 135 Å². The van der Waals surface area contributed by atoms with E-state index in [0.717, 1.165) is 23.9 Å². The SMILES string of the molecule is Cc1nnc(SC(C)C(=O)c2ccc(F)cc2F)n1CC(N)=O. The van der Waals surface area contributed by atoms with Crippen molar-refractivity contribution in [3.63, 3.8) is 0 Å². The number of aryl methyl sites for hydroxylation is 1. The van der Waals surface area contributed by atoms with Gasteiger partial charge in [0, 0.05) is 6.07 Å². The number of thioether (sulfide) groups is 1. The standard InChI is InChI=1S/C14H14F2N4O2S/c1-7(13(22)10-4-3-9(15)5-11(10)16)23-14-19-18-8(2)20(14)6-12(17)21/h3-5,7H,6H2,1-2H3,(H2,17,21). The summed E-state index contributed by atoms with van der Waals surface area (Å²) in [5.74, 6) is -2.29. The van der Waals surface area contributed by atoms with Gasteiger partial charge in [0.2, 0.25) is 5.91 Å². The van der Waals surface area contributed by atoms with Crippen molar-refractivity contribution in [1.29, 1.82) is 0 Å². The number of amides is 1. The van der Waals surface area contributed by atoms with Gasteiger partial charge in [0.15, 0.2) is 10.9 Å². The Balaban J connectivity index is 2.20. The normalized spacial score (nSPS) is 12.2. The minimum Gasteiger partial charge on any atom is -0.368 e. The lowest BCUT2D eigenvalue weighted by atomic mass is 10.1. The monoisotopic (exact) mass is 340 g/mol. The van der Waals surface area contributed by atoms with Crippen LogP contribution >= 0.6 is 11.8 Å². The summed E-state index contributed by atoms with van der Waals surface area (Å²) in [5, 5.41) is 7.34. The zero-order valence-corrected chi connectivity index (χ0v) is 13.2. The van der Waals surface area contributed by atoms with Crippen LogP contribution in [0, 0.1) is 18.6 Å². The summed E-state index contributed by atoms with van der Waals surface area (Å²) in [5.41, 5.74) is 4.96. The molecular formula is C14H14F2N4O2S. The molecule has 0 aliphatic heterocycles. The van der Waals surface area contributed by atoms with Crippen molar-refractivity contribution in [2.45, 2.75) is 30.8 Å². The smallest absolute Gasteiger partial charge is 0.237 e. The maximum atomic E-state index is 13.7. The first-order valence-electron chi connectivity index (χ1n) is 6.63. The minimum atomic E-state index is -0.919. The van der Waals surface area contributed by atoms with Crippen LogP contribution in [-0.4, -0.2) is 31.7 Å². The molecule has 2 rings (SSSR count). The molecule has 1 atom stereocenters. The van der Waals surface area contributed by atoms with E-state index in [0.29, 0.717) is 17.0 Å². The number of rotatable bonds is 6. The number of hydrogen-bond acceptors (Lipinski definition) is 5. The van der Waals surface area contributed by atoms with E-state index in [2.05, 4.69) is 10.2 Å². The van der Waals surface area contributed by atoms with Gasteiger partial charge in [-0.05, 0) is 26.0 Å². The Morgan fingerprint density at radius 2 is 2.04 bits per heavy atom. The van der Waals surface area contributed by atoms with Gasteiger partial charge in [0.1, 0.15) is 24.0 Å². The average Bonchev–Trinajstić information content (AvgIpc) is 2.79. The molecule has 0 aliphatic rings. The minimum absolute atomic E-state index is 0.118. The molecule has 1 unspecified atom stereocenters. The number of carbonyl (C=O) groups is 2. The van der Waals surface area contributed by atoms with Crippen LogP contribution in [0.4, 0.5) is 8.78 Å². The van der Waals surface area contributed by atoms with E-state index in [1.54, 1.807) is 13.8 Å². The molecule has 0 radical (unpaired) electrons. The molecule has 2 N–H and O–H groups in total. The number of aromatic nitrogens is 3. The third kappa shape index (κ3) is 3.92. The lowest BCUT2D eigenvalue weighted by Gasteiger charge is -2.11. The number of nitrogens with two attached hydrogens (primary N) is 1. The summed E-state index contributed by atoms with van der Waals surface area (Å²) < 4.78 is 28.1. The van der Waals surface area contributed by atoms with Gasteiger partial charge in [-0.1, -0.05) is 11.8 Å². The molecule has 6 nitrogen and oxygen atoms in total. The van der Waals surface area contributed by atoms with Crippen molar-refractivity contribution >= 4 is 23.5 Å². The van der Waals surface area contributed by atoms with Crippen LogP contribution in [0.3, 0.4) is 0 Å². The van der Waals surface area contributed by atoms with Crippen LogP contribution in [0.1, 0.15) is 23.1 Å². The maximum absolute atomic E-state index is 13.7. The van der Waals surface area contributed by atoms with Gasteiger partial charge in [-0.3, -0.25) is 14.2 Å². The highest BCUT2D eigenvalue weighted by atomic mass is 32.2. The summed E-state index contributed by atoms with van der Waals surface area (Å²) in [6.45, 7) is 3.09. The van der Waals surface area contributed by atoms with Crippen LogP contribution in [-0.2, 0) is 11.3 Å². The van der Waals surface area contributed by atoms with Crippen LogP contribution in [0.25, 0.3) is 0 Å². The van der Waals surface area contributed by atoms with Gasteiger partial charge in [-0.25, -0.2) is 8.78 Å². The topological polar surface area (TPSA) is 90.9 Å². The number of ketones is 1. The Hall–Kier alpha value is -2.29. The highest BCUT2D eigenvalue weighted by Gasteiger charge is 2.23. The first-order valence-corrected chi connectivity index (χ1v) is 7.51. The summed E-state index contributed by atoms with van der Waals surface area (Å²) >= 11 is 1.02. The Bertz CT molecular complexity index is 763. The van der Waals surface area contributed by atoms with E-state index >= 15 is 0 Å². The number of halogens is 2. The van der Waals surface area contributed by atoms with Crippen LogP contribution in [0.2, 0.25) is 0 Å². The van der Waals surface area contributed by atoms with Crippen molar-refractivity contribution in [1.82, 2.24) is 14.8 Å². The molecule has 0 saturated heterocycles. The summed E-state index contributed by atoms with van der Waals surface area (Å²) in [6.07, 6.45) is 0. The van der Waals surface area contributed by atoms with Crippen molar-refractivity contribution in [3.05, 3.63) is 41.2 Å². The number of primary amides is 1. The summed E-state index contributed by atoms with van der Waals surface area (Å²) in [4.78, 5) is 23.4. The third-order valence-electron chi connectivity index (χ3n) is 3.06. The van der Waals surface area contributed by atoms with Crippen molar-refractivity contribution in [2.24, 2.45) is 5.73 Å². The lowest BCUT2D eigenvalue weighted by molar-refractivity contribution is -0.118. The molecule has 1 aromatic carbocycles. The van der Waals surface area contributed by atoms with Crippen LogP contribution in [0.5, 0.6) is 0 Å². The van der Waals surface area contributed by atoms with Gasteiger partial charge in [-0.15, -0.1) is 10.2 Å². The average molecular weight is 340 g/mol. The Kier molecular flexibility index (Phi) is 5.09. The van der Waals surface area contributed by atoms with Gasteiger partial charge in [-0.2, -0.15) is 0 Å². The number of nitrogens with zero attached hydrogens (tertiary/aromatic N) is 3. The van der Waals surface area contributed by atoms with E-state index in [-0.39, 0.29) is 12.1 Å². The molecular weight excluding hydrogens is 326 g/mol. The van der Waals surface area contributed by atoms with Crippen LogP contribution < -0.4 is 5.73 Å². The third-order valence-corrected chi connectivity index (χ3v) is 4.14. The van der Waals surface area contributed by atoms with Gasteiger partial charge in [0.05, 0.1) is 10.8 Å². The molecule has 0 bridgehead atoms. The van der Waals surface area contributed by atoms with E-state index < -0.39 is 28.6 Å². The van der Waals surface area contributed by atoms with Gasteiger partial charge in [0.25, 0.3) is 0 Å². The number of hydrogen-bond donors (Lipinski definition) is 1. The van der Waals surface area contributed by atoms with E-state index in [1.165, 1.54) is 4.57 Å². The van der Waals surface area contributed by atoms with E-state index in [4.69, 9.17) is 5.73 Å². The molecule has 2 aromatic rings. The van der Waals surface area contributed by atoms with Gasteiger partial charge >= 0.3 is 0 Å². The van der Waals surface area contributed by atoms with Crippen molar-refractivity contribution in [3.8, 4) is 0 Å². The molecule has 1 heterocycles. The summed E-state index contributed by atoms with van der Waals surface area (Å²) in [6, 6.07) is 2.78. The molecule has 0 aliphatic carbocycles. The number of carbonyl (C=O) groups excluding carboxylic acids is 2. The van der Waals surface area contributed by atoms with Crippen molar-refractivity contribution < 1.29 is 18.4 Å². The number of Topliss-reactive ketones (excluding diaryl/α,β-unsaturated/α-hetero) is 1. The molecule has 9 heteroatoms. The zero-order chi connectivity index (χ0) is 17.1. The second-order valence-corrected chi connectivity index (χ2v) is 6.14. The molecule has 1 aromatic heterocycles. The molecule has 122 valence electrons. The lowest BCUT2D eigenvalue weighted by Crippen LogP contribution is -2.21.